The summed E-state index contributed by atoms with van der Waals surface area (Å²) in [6.07, 6.45) is 1.89. The molecule has 3 heteroatoms. The molecule has 104 valence electrons. The minimum absolute atomic E-state index is 0.742. The average molecular weight is 304 g/mol. The van der Waals surface area contributed by atoms with E-state index < -0.39 is 0 Å². The zero-order chi connectivity index (χ0) is 15.0. The second-order valence-electron chi connectivity index (χ2n) is 4.02. The predicted octanol–water partition coefficient (Wildman–Crippen LogP) is 5.78. The number of nitrogens with zero attached hydrogens (tertiary/aromatic N) is 1. The molecule has 0 atom stereocenters. The summed E-state index contributed by atoms with van der Waals surface area (Å²) in [6.45, 7) is 8.08. The Bertz CT molecular complexity index is 646. The topological polar surface area (TPSA) is 4.93 Å². The summed E-state index contributed by atoms with van der Waals surface area (Å²) in [4.78, 5) is 0. The molecule has 3 rings (SSSR count). The van der Waals surface area contributed by atoms with Crippen LogP contribution in [0.3, 0.4) is 0 Å². The summed E-state index contributed by atoms with van der Waals surface area (Å²) in [7, 11) is 0. The molecule has 0 spiro atoms. The van der Waals surface area contributed by atoms with E-state index in [1.165, 1.54) is 5.56 Å². The molecule has 0 aliphatic carbocycles. The minimum Gasteiger partial charge on any atom is -0.294 e. The maximum atomic E-state index is 5.80. The van der Waals surface area contributed by atoms with Gasteiger partial charge in [0.15, 0.2) is 0 Å². The van der Waals surface area contributed by atoms with Gasteiger partial charge in [0.2, 0.25) is 0 Å². The molecule has 0 saturated heterocycles. The Morgan fingerprint density at radius 1 is 1.00 bits per heavy atom. The van der Waals surface area contributed by atoms with Gasteiger partial charge in [-0.2, -0.15) is 0 Å². The van der Waals surface area contributed by atoms with Gasteiger partial charge in [0.1, 0.15) is 0 Å². The van der Waals surface area contributed by atoms with E-state index in [0.29, 0.717) is 0 Å². The van der Waals surface area contributed by atoms with Gasteiger partial charge in [-0.05, 0) is 25.1 Å². The highest BCUT2D eigenvalue weighted by Gasteiger charge is 1.97. The van der Waals surface area contributed by atoms with Gasteiger partial charge in [-0.25, -0.2) is 0 Å². The van der Waals surface area contributed by atoms with Gasteiger partial charge in [0.05, 0.1) is 5.52 Å². The Kier molecular flexibility index (Phi) is 6.99. The molecule has 20 heavy (non-hydrogen) atoms. The number of aromatic nitrogens is 1. The lowest BCUT2D eigenvalue weighted by Gasteiger charge is -1.94. The van der Waals surface area contributed by atoms with Crippen LogP contribution < -0.4 is 0 Å². The smallest absolute Gasteiger partial charge is 0.0603 e. The standard InChI is InChI=1S/C8H6ClNS.C7H8.C2H4/c9-7-2-1-6-3-4-10(11)8(6)5-7;1-7-5-3-2-4-6-7;1-2/h1-5,11H;2-6H,1H3;1-2H2. The Labute approximate surface area is 131 Å². The van der Waals surface area contributed by atoms with Crippen molar-refractivity contribution >= 4 is 35.3 Å². The predicted molar refractivity (Wildman–Crippen MR) is 93.8 cm³/mol. The molecule has 0 aliphatic heterocycles. The van der Waals surface area contributed by atoms with Gasteiger partial charge in [-0.15, -0.1) is 13.2 Å². The monoisotopic (exact) mass is 303 g/mol. The van der Waals surface area contributed by atoms with Crippen LogP contribution in [0.4, 0.5) is 0 Å². The van der Waals surface area contributed by atoms with Crippen LogP contribution in [0.15, 0.2) is 74.0 Å². The summed E-state index contributed by atoms with van der Waals surface area (Å²) in [5, 5.41) is 1.90. The first kappa shape index (κ1) is 16.4. The van der Waals surface area contributed by atoms with Crippen molar-refractivity contribution in [2.45, 2.75) is 6.92 Å². The third kappa shape index (κ3) is 4.80. The van der Waals surface area contributed by atoms with Gasteiger partial charge < -0.3 is 0 Å². The van der Waals surface area contributed by atoms with Crippen LogP contribution >= 0.6 is 24.4 Å². The molecular formula is C17H18ClNS. The van der Waals surface area contributed by atoms with Crippen molar-refractivity contribution in [3.05, 3.63) is 84.5 Å². The fraction of sp³-hybridized carbons (Fsp3) is 0.0588. The summed E-state index contributed by atoms with van der Waals surface area (Å²) in [5.74, 6) is 0. The first-order valence-corrected chi connectivity index (χ1v) is 6.92. The van der Waals surface area contributed by atoms with Crippen LogP contribution in [-0.4, -0.2) is 3.97 Å². The van der Waals surface area contributed by atoms with E-state index in [-0.39, 0.29) is 0 Å². The highest BCUT2D eigenvalue weighted by Crippen LogP contribution is 2.20. The molecule has 0 N–H and O–H groups in total. The lowest BCUT2D eigenvalue weighted by atomic mass is 10.2. The van der Waals surface area contributed by atoms with Gasteiger partial charge in [0.25, 0.3) is 0 Å². The second-order valence-corrected chi connectivity index (χ2v) is 4.89. The highest BCUT2D eigenvalue weighted by molar-refractivity contribution is 7.78. The Hall–Kier alpha value is -1.64. The molecule has 1 heterocycles. The molecule has 0 aliphatic rings. The SMILES string of the molecule is C=C.Cc1ccccc1.Sn1ccc2ccc(Cl)cc21. The molecule has 0 amide bonds. The summed E-state index contributed by atoms with van der Waals surface area (Å²) < 4.78 is 1.75. The third-order valence-corrected chi connectivity index (χ3v) is 3.16. The fourth-order valence-corrected chi connectivity index (χ4v) is 2.03. The Balaban J connectivity index is 0.000000193. The van der Waals surface area contributed by atoms with Crippen molar-refractivity contribution in [3.8, 4) is 0 Å². The third-order valence-electron chi connectivity index (χ3n) is 2.58. The van der Waals surface area contributed by atoms with Gasteiger partial charge in [-0.3, -0.25) is 3.97 Å². The van der Waals surface area contributed by atoms with E-state index in [9.17, 15) is 0 Å². The normalized spacial score (nSPS) is 9.15. The van der Waals surface area contributed by atoms with E-state index in [0.717, 1.165) is 15.9 Å². The van der Waals surface area contributed by atoms with Crippen molar-refractivity contribution < 1.29 is 0 Å². The summed E-state index contributed by atoms with van der Waals surface area (Å²) in [5.41, 5.74) is 2.36. The Morgan fingerprint density at radius 3 is 2.20 bits per heavy atom. The first-order valence-electron chi connectivity index (χ1n) is 6.14. The maximum absolute atomic E-state index is 5.80. The highest BCUT2D eigenvalue weighted by atomic mass is 35.5. The molecule has 3 aromatic rings. The number of halogens is 1. The van der Waals surface area contributed by atoms with E-state index in [1.54, 1.807) is 3.97 Å². The minimum atomic E-state index is 0.742. The molecule has 0 saturated carbocycles. The van der Waals surface area contributed by atoms with Crippen LogP contribution in [0.5, 0.6) is 0 Å². The van der Waals surface area contributed by atoms with Crippen LogP contribution in [0, 0.1) is 6.92 Å². The average Bonchev–Trinajstić information content (AvgIpc) is 2.84. The molecule has 1 nitrogen and oxygen atoms in total. The number of fused-ring (bicyclic) bond motifs is 1. The number of hydrogen-bond acceptors (Lipinski definition) is 1. The molecular weight excluding hydrogens is 286 g/mol. The van der Waals surface area contributed by atoms with Crippen LogP contribution in [0.2, 0.25) is 5.02 Å². The van der Waals surface area contributed by atoms with E-state index in [2.05, 4.69) is 45.0 Å². The zero-order valence-corrected chi connectivity index (χ0v) is 13.1. The lowest BCUT2D eigenvalue weighted by Crippen LogP contribution is -1.74. The summed E-state index contributed by atoms with van der Waals surface area (Å²) in [6, 6.07) is 18.0. The molecule has 0 bridgehead atoms. The van der Waals surface area contributed by atoms with Crippen molar-refractivity contribution in [1.29, 1.82) is 0 Å². The zero-order valence-electron chi connectivity index (χ0n) is 11.5. The molecule has 1 aromatic heterocycles. The maximum Gasteiger partial charge on any atom is 0.0603 e. The van der Waals surface area contributed by atoms with Crippen molar-refractivity contribution in [1.82, 2.24) is 3.97 Å². The van der Waals surface area contributed by atoms with Crippen LogP contribution in [0.1, 0.15) is 5.56 Å². The van der Waals surface area contributed by atoms with Gasteiger partial charge >= 0.3 is 0 Å². The molecule has 0 radical (unpaired) electrons. The number of hydrogen-bond donors (Lipinski definition) is 1. The van der Waals surface area contributed by atoms with Crippen molar-refractivity contribution in [2.75, 3.05) is 0 Å². The largest absolute Gasteiger partial charge is 0.294 e. The van der Waals surface area contributed by atoms with E-state index >= 15 is 0 Å². The quantitative estimate of drug-likeness (QED) is 0.396. The lowest BCUT2D eigenvalue weighted by molar-refractivity contribution is 1.37. The Morgan fingerprint density at radius 2 is 1.65 bits per heavy atom. The van der Waals surface area contributed by atoms with Crippen molar-refractivity contribution in [3.63, 3.8) is 0 Å². The number of aryl methyl sites for hydroxylation is 1. The number of thiol groups is 1. The van der Waals surface area contributed by atoms with Crippen LogP contribution in [0.25, 0.3) is 10.9 Å². The van der Waals surface area contributed by atoms with Gasteiger partial charge in [0, 0.05) is 16.6 Å². The molecule has 2 aromatic carbocycles. The second kappa shape index (κ2) is 8.51. The number of benzene rings is 2. The van der Waals surface area contributed by atoms with Gasteiger partial charge in [-0.1, -0.05) is 66.4 Å². The molecule has 0 unspecified atom stereocenters. The van der Waals surface area contributed by atoms with E-state index in [4.69, 9.17) is 11.6 Å². The van der Waals surface area contributed by atoms with Crippen LogP contribution in [-0.2, 0) is 0 Å². The number of rotatable bonds is 0. The summed E-state index contributed by atoms with van der Waals surface area (Å²) >= 11 is 10.0. The van der Waals surface area contributed by atoms with E-state index in [1.807, 2.05) is 48.7 Å². The fourth-order valence-electron chi connectivity index (χ4n) is 1.62. The first-order chi connectivity index (χ1) is 9.66. The molecule has 0 fully saturated rings. The van der Waals surface area contributed by atoms with Crippen molar-refractivity contribution in [2.24, 2.45) is 0 Å².